The molecule has 2 atom stereocenters. The maximum absolute atomic E-state index is 13.0. The minimum Gasteiger partial charge on any atom is -0.496 e. The Labute approximate surface area is 213 Å². The van der Waals surface area contributed by atoms with Crippen molar-refractivity contribution in [3.05, 3.63) is 89.7 Å². The fraction of sp³-hybridized carbons (Fsp3) is 0.333. The van der Waals surface area contributed by atoms with E-state index in [2.05, 4.69) is 54.1 Å². The van der Waals surface area contributed by atoms with Gasteiger partial charge in [0.2, 0.25) is 0 Å². The van der Waals surface area contributed by atoms with Gasteiger partial charge < -0.3 is 19.4 Å². The second-order valence-electron chi connectivity index (χ2n) is 9.09. The molecule has 1 aromatic heterocycles. The molecule has 4 aromatic rings. The highest BCUT2D eigenvalue weighted by molar-refractivity contribution is 5.97. The Bertz CT molecular complexity index is 1300. The van der Waals surface area contributed by atoms with E-state index in [1.807, 2.05) is 37.3 Å². The number of fused-ring (bicyclic) bond motifs is 1. The van der Waals surface area contributed by atoms with Crippen LogP contribution in [0.1, 0.15) is 67.3 Å². The molecule has 1 amide bonds. The highest BCUT2D eigenvalue weighted by Crippen LogP contribution is 2.24. The predicted molar refractivity (Wildman–Crippen MR) is 144 cm³/mol. The lowest BCUT2D eigenvalue weighted by atomic mass is 9.99. The van der Waals surface area contributed by atoms with Crippen LogP contribution in [0.4, 0.5) is 0 Å². The number of nitrogens with zero attached hydrogens (tertiary/aromatic N) is 2. The van der Waals surface area contributed by atoms with E-state index in [0.29, 0.717) is 23.8 Å². The van der Waals surface area contributed by atoms with Crippen molar-refractivity contribution in [3.8, 4) is 11.5 Å². The van der Waals surface area contributed by atoms with Gasteiger partial charge in [-0.15, -0.1) is 0 Å². The van der Waals surface area contributed by atoms with Crippen molar-refractivity contribution in [2.24, 2.45) is 0 Å². The molecular formula is C30H35N3O3. The molecule has 0 aliphatic carbocycles. The first-order valence-electron chi connectivity index (χ1n) is 12.6. The molecule has 6 nitrogen and oxygen atoms in total. The number of aryl methyl sites for hydroxylation is 1. The van der Waals surface area contributed by atoms with E-state index in [1.54, 1.807) is 19.2 Å². The normalized spacial score (nSPS) is 12.8. The number of ether oxygens (including phenoxy) is 2. The summed E-state index contributed by atoms with van der Waals surface area (Å²) in [5.74, 6) is 2.61. The summed E-state index contributed by atoms with van der Waals surface area (Å²) in [6.07, 6.45) is 1.94. The van der Waals surface area contributed by atoms with Gasteiger partial charge in [-0.3, -0.25) is 4.79 Å². The zero-order valence-corrected chi connectivity index (χ0v) is 21.5. The Hall–Kier alpha value is -3.80. The smallest absolute Gasteiger partial charge is 0.255 e. The van der Waals surface area contributed by atoms with Crippen molar-refractivity contribution < 1.29 is 14.3 Å². The summed E-state index contributed by atoms with van der Waals surface area (Å²) in [6.45, 7) is 7.73. The number of para-hydroxylation sites is 3. The molecule has 0 bridgehead atoms. The molecular weight excluding hydrogens is 450 g/mol. The molecule has 3 aromatic carbocycles. The van der Waals surface area contributed by atoms with E-state index in [0.717, 1.165) is 42.0 Å². The van der Waals surface area contributed by atoms with Crippen LogP contribution in [-0.2, 0) is 6.54 Å². The van der Waals surface area contributed by atoms with Gasteiger partial charge in [0.25, 0.3) is 5.91 Å². The van der Waals surface area contributed by atoms with E-state index in [-0.39, 0.29) is 11.9 Å². The molecule has 1 N–H and O–H groups in total. The first-order valence-corrected chi connectivity index (χ1v) is 12.6. The van der Waals surface area contributed by atoms with Crippen molar-refractivity contribution in [1.29, 1.82) is 0 Å². The van der Waals surface area contributed by atoms with Gasteiger partial charge in [0.05, 0.1) is 36.4 Å². The van der Waals surface area contributed by atoms with Gasteiger partial charge in [-0.1, -0.05) is 50.2 Å². The Morgan fingerprint density at radius 2 is 1.72 bits per heavy atom. The third kappa shape index (κ3) is 5.70. The summed E-state index contributed by atoms with van der Waals surface area (Å²) < 4.78 is 13.5. The monoisotopic (exact) mass is 485 g/mol. The number of hydrogen-bond donors (Lipinski definition) is 1. The number of hydrogen-bond acceptors (Lipinski definition) is 4. The number of carbonyl (C=O) groups excluding carboxylic acids is 1. The first kappa shape index (κ1) is 25.3. The number of carbonyl (C=O) groups is 1. The van der Waals surface area contributed by atoms with Crippen molar-refractivity contribution in [3.63, 3.8) is 0 Å². The van der Waals surface area contributed by atoms with Crippen LogP contribution in [0.25, 0.3) is 11.0 Å². The molecule has 4 rings (SSSR count). The molecule has 0 saturated heterocycles. The first-order chi connectivity index (χ1) is 17.5. The lowest BCUT2D eigenvalue weighted by Gasteiger charge is -2.17. The van der Waals surface area contributed by atoms with Gasteiger partial charge in [-0.25, -0.2) is 4.98 Å². The lowest BCUT2D eigenvalue weighted by Crippen LogP contribution is -2.29. The second kappa shape index (κ2) is 11.8. The third-order valence-electron chi connectivity index (χ3n) is 6.63. The number of aromatic nitrogens is 2. The summed E-state index contributed by atoms with van der Waals surface area (Å²) in [5.41, 5.74) is 3.79. The van der Waals surface area contributed by atoms with Crippen LogP contribution in [0.3, 0.4) is 0 Å². The molecule has 188 valence electrons. The fourth-order valence-corrected chi connectivity index (χ4v) is 4.37. The number of imidazole rings is 1. The third-order valence-corrected chi connectivity index (χ3v) is 6.63. The molecule has 0 aliphatic heterocycles. The molecule has 0 radical (unpaired) electrons. The average Bonchev–Trinajstić information content (AvgIpc) is 3.29. The SMILES string of the molecule is CCC(C)c1ccc(OCCCn2c(C(C)NC(=O)c3ccccc3OC)nc3ccccc32)cc1. The number of methoxy groups -OCH3 is 1. The van der Waals surface area contributed by atoms with Crippen LogP contribution < -0.4 is 14.8 Å². The standard InChI is InChI=1S/C30H35N3O3/c1-5-21(2)23-15-17-24(18-16-23)36-20-10-19-33-27-13-8-7-12-26(27)32-29(33)22(3)31-30(34)25-11-6-9-14-28(25)35-4/h6-9,11-18,21-22H,5,10,19-20H2,1-4H3,(H,31,34). The van der Waals surface area contributed by atoms with E-state index in [9.17, 15) is 4.79 Å². The van der Waals surface area contributed by atoms with E-state index < -0.39 is 0 Å². The van der Waals surface area contributed by atoms with Crippen LogP contribution in [-0.4, -0.2) is 29.2 Å². The van der Waals surface area contributed by atoms with Crippen LogP contribution >= 0.6 is 0 Å². The maximum atomic E-state index is 13.0. The topological polar surface area (TPSA) is 65.4 Å². The van der Waals surface area contributed by atoms with E-state index in [4.69, 9.17) is 14.5 Å². The Kier molecular flexibility index (Phi) is 8.26. The van der Waals surface area contributed by atoms with Gasteiger partial charge in [-0.05, 0) is 67.6 Å². The Morgan fingerprint density at radius 1 is 1.00 bits per heavy atom. The molecule has 6 heteroatoms. The highest BCUT2D eigenvalue weighted by Gasteiger charge is 2.20. The number of rotatable bonds is 11. The van der Waals surface area contributed by atoms with Gasteiger partial charge >= 0.3 is 0 Å². The molecule has 0 spiro atoms. The van der Waals surface area contributed by atoms with E-state index >= 15 is 0 Å². The van der Waals surface area contributed by atoms with Gasteiger partial charge in [-0.2, -0.15) is 0 Å². The van der Waals surface area contributed by atoms with Crippen molar-refractivity contribution >= 4 is 16.9 Å². The molecule has 0 saturated carbocycles. The van der Waals surface area contributed by atoms with Crippen LogP contribution in [0.2, 0.25) is 0 Å². The van der Waals surface area contributed by atoms with Gasteiger partial charge in [0.1, 0.15) is 17.3 Å². The molecule has 2 unspecified atom stereocenters. The summed E-state index contributed by atoms with van der Waals surface area (Å²) in [4.78, 5) is 17.8. The van der Waals surface area contributed by atoms with Crippen LogP contribution in [0.5, 0.6) is 11.5 Å². The van der Waals surface area contributed by atoms with Crippen molar-refractivity contribution in [1.82, 2.24) is 14.9 Å². The Balaban J connectivity index is 1.44. The summed E-state index contributed by atoms with van der Waals surface area (Å²) in [7, 11) is 1.57. The lowest BCUT2D eigenvalue weighted by molar-refractivity contribution is 0.0934. The van der Waals surface area contributed by atoms with Gasteiger partial charge in [0.15, 0.2) is 0 Å². The molecule has 0 fully saturated rings. The summed E-state index contributed by atoms with van der Waals surface area (Å²) in [6, 6.07) is 23.4. The van der Waals surface area contributed by atoms with Crippen molar-refractivity contribution in [2.75, 3.05) is 13.7 Å². The molecule has 36 heavy (non-hydrogen) atoms. The minimum atomic E-state index is -0.288. The fourth-order valence-electron chi connectivity index (χ4n) is 4.37. The number of nitrogens with one attached hydrogen (secondary N) is 1. The predicted octanol–water partition coefficient (Wildman–Crippen LogP) is 6.52. The highest BCUT2D eigenvalue weighted by atomic mass is 16.5. The van der Waals surface area contributed by atoms with Crippen molar-refractivity contribution in [2.45, 2.75) is 52.1 Å². The van der Waals surface area contributed by atoms with E-state index in [1.165, 1.54) is 5.56 Å². The van der Waals surface area contributed by atoms with Crippen LogP contribution in [0, 0.1) is 0 Å². The summed E-state index contributed by atoms with van der Waals surface area (Å²) in [5, 5.41) is 3.09. The minimum absolute atomic E-state index is 0.192. The number of benzene rings is 3. The largest absolute Gasteiger partial charge is 0.496 e. The zero-order chi connectivity index (χ0) is 25.5. The molecule has 1 heterocycles. The number of amides is 1. The second-order valence-corrected chi connectivity index (χ2v) is 9.09. The quantitative estimate of drug-likeness (QED) is 0.246. The van der Waals surface area contributed by atoms with Gasteiger partial charge in [0, 0.05) is 6.54 Å². The maximum Gasteiger partial charge on any atom is 0.255 e. The zero-order valence-electron chi connectivity index (χ0n) is 21.5. The average molecular weight is 486 g/mol. The molecule has 0 aliphatic rings. The summed E-state index contributed by atoms with van der Waals surface area (Å²) >= 11 is 0. The Morgan fingerprint density at radius 3 is 2.47 bits per heavy atom. The van der Waals surface area contributed by atoms with Crippen LogP contribution in [0.15, 0.2) is 72.8 Å².